The van der Waals surface area contributed by atoms with Crippen LogP contribution >= 0.6 is 11.8 Å². The number of carboxylic acid groups (broad SMARTS) is 1. The molecule has 0 saturated heterocycles. The maximum absolute atomic E-state index is 13.3. The van der Waals surface area contributed by atoms with Gasteiger partial charge in [0.15, 0.2) is 6.04 Å². The van der Waals surface area contributed by atoms with Gasteiger partial charge in [-0.3, -0.25) is 4.79 Å². The van der Waals surface area contributed by atoms with Crippen LogP contribution in [0.4, 0.5) is 4.39 Å². The number of halogens is 1. The molecule has 0 aromatic heterocycles. The predicted octanol–water partition coefficient (Wildman–Crippen LogP) is 3.30. The molecule has 6 heteroatoms. The normalized spacial score (nSPS) is 12.0. The van der Waals surface area contributed by atoms with Gasteiger partial charge in [0.2, 0.25) is 5.91 Å². The Hall–Kier alpha value is -1.56. The summed E-state index contributed by atoms with van der Waals surface area (Å²) in [6, 6.07) is 2.90. The molecule has 1 aromatic carbocycles. The summed E-state index contributed by atoms with van der Waals surface area (Å²) in [4.78, 5) is 23.2. The number of unbranched alkanes of at least 4 members (excludes halogenated alkanes) is 1. The highest BCUT2D eigenvalue weighted by atomic mass is 32.2. The van der Waals surface area contributed by atoms with Crippen LogP contribution < -0.4 is 5.32 Å². The van der Waals surface area contributed by atoms with E-state index in [0.29, 0.717) is 16.9 Å². The third-order valence-corrected chi connectivity index (χ3v) is 4.25. The first kappa shape index (κ1) is 18.5. The fourth-order valence-corrected chi connectivity index (χ4v) is 2.91. The van der Waals surface area contributed by atoms with Gasteiger partial charge in [-0.2, -0.15) is 11.8 Å². The van der Waals surface area contributed by atoms with Crippen molar-refractivity contribution in [3.8, 4) is 0 Å². The van der Waals surface area contributed by atoms with Crippen LogP contribution in [0.2, 0.25) is 0 Å². The van der Waals surface area contributed by atoms with Crippen molar-refractivity contribution in [1.29, 1.82) is 0 Å². The van der Waals surface area contributed by atoms with Crippen LogP contribution in [0.1, 0.15) is 43.4 Å². The van der Waals surface area contributed by atoms with Gasteiger partial charge in [0, 0.05) is 12.2 Å². The van der Waals surface area contributed by atoms with Gasteiger partial charge in [0.05, 0.1) is 0 Å². The summed E-state index contributed by atoms with van der Waals surface area (Å²) in [6.07, 6.45) is 2.50. The minimum absolute atomic E-state index is 0.276. The molecule has 2 N–H and O–H groups in total. The number of amides is 1. The lowest BCUT2D eigenvalue weighted by Gasteiger charge is -2.15. The van der Waals surface area contributed by atoms with E-state index in [4.69, 9.17) is 0 Å². The van der Waals surface area contributed by atoms with Crippen molar-refractivity contribution < 1.29 is 19.1 Å². The summed E-state index contributed by atoms with van der Waals surface area (Å²) in [6.45, 7) is 3.67. The van der Waals surface area contributed by atoms with E-state index >= 15 is 0 Å². The van der Waals surface area contributed by atoms with E-state index in [1.807, 2.05) is 0 Å². The van der Waals surface area contributed by atoms with Gasteiger partial charge in [0.1, 0.15) is 5.82 Å². The fraction of sp³-hybridized carbons (Fsp3) is 0.500. The Balaban J connectivity index is 2.59. The molecule has 0 saturated carbocycles. The van der Waals surface area contributed by atoms with E-state index < -0.39 is 17.8 Å². The van der Waals surface area contributed by atoms with E-state index in [-0.39, 0.29) is 12.3 Å². The highest BCUT2D eigenvalue weighted by molar-refractivity contribution is 7.99. The Morgan fingerprint density at radius 2 is 2.09 bits per heavy atom. The highest BCUT2D eigenvalue weighted by Gasteiger charge is 2.22. The summed E-state index contributed by atoms with van der Waals surface area (Å²) in [7, 11) is 0. The van der Waals surface area contributed by atoms with E-state index in [1.165, 1.54) is 18.2 Å². The first-order valence-corrected chi connectivity index (χ1v) is 8.47. The SMILES string of the molecule is CCCCSCCC(=O)NC(C(=O)O)c1ccc(F)c(C)c1. The number of carboxylic acids is 1. The lowest BCUT2D eigenvalue weighted by molar-refractivity contribution is -0.142. The zero-order valence-electron chi connectivity index (χ0n) is 12.9. The summed E-state index contributed by atoms with van der Waals surface area (Å²) in [5.74, 6) is -0.188. The molecule has 0 heterocycles. The molecule has 4 nitrogen and oxygen atoms in total. The zero-order valence-corrected chi connectivity index (χ0v) is 13.7. The first-order chi connectivity index (χ1) is 10.5. The van der Waals surface area contributed by atoms with Gasteiger partial charge in [-0.05, 0) is 36.3 Å². The smallest absolute Gasteiger partial charge is 0.330 e. The van der Waals surface area contributed by atoms with Gasteiger partial charge in [-0.15, -0.1) is 0 Å². The quantitative estimate of drug-likeness (QED) is 0.683. The Bertz CT molecular complexity index is 522. The van der Waals surface area contributed by atoms with Gasteiger partial charge < -0.3 is 10.4 Å². The molecule has 0 radical (unpaired) electrons. The van der Waals surface area contributed by atoms with Crippen LogP contribution in [0.5, 0.6) is 0 Å². The maximum Gasteiger partial charge on any atom is 0.330 e. The highest BCUT2D eigenvalue weighted by Crippen LogP contribution is 2.17. The number of aryl methyl sites for hydroxylation is 1. The third-order valence-electron chi connectivity index (χ3n) is 3.18. The second-order valence-corrected chi connectivity index (χ2v) is 6.29. The lowest BCUT2D eigenvalue weighted by atomic mass is 10.0. The Morgan fingerprint density at radius 1 is 1.36 bits per heavy atom. The molecule has 0 aliphatic heterocycles. The monoisotopic (exact) mass is 327 g/mol. The van der Waals surface area contributed by atoms with Crippen LogP contribution in [0.15, 0.2) is 18.2 Å². The molecule has 1 amide bonds. The number of carbonyl (C=O) groups is 2. The third kappa shape index (κ3) is 6.05. The number of aliphatic carboxylic acids is 1. The topological polar surface area (TPSA) is 66.4 Å². The number of nitrogens with one attached hydrogen (secondary N) is 1. The van der Waals surface area contributed by atoms with E-state index in [1.54, 1.807) is 18.7 Å². The standard InChI is InChI=1S/C16H22FNO3S/c1-3-4-8-22-9-7-14(19)18-15(16(20)21)12-5-6-13(17)11(2)10-12/h5-6,10,15H,3-4,7-9H2,1-2H3,(H,18,19)(H,20,21). The lowest BCUT2D eigenvalue weighted by Crippen LogP contribution is -2.34. The van der Waals surface area contributed by atoms with Crippen LogP contribution in [-0.2, 0) is 9.59 Å². The summed E-state index contributed by atoms with van der Waals surface area (Å²) >= 11 is 1.68. The van der Waals surface area contributed by atoms with Crippen molar-refractivity contribution >= 4 is 23.6 Å². The number of thioether (sulfide) groups is 1. The van der Waals surface area contributed by atoms with Gasteiger partial charge >= 0.3 is 5.97 Å². The van der Waals surface area contributed by atoms with Crippen molar-refractivity contribution in [1.82, 2.24) is 5.32 Å². The van der Waals surface area contributed by atoms with E-state index in [0.717, 1.165) is 18.6 Å². The number of hydrogen-bond acceptors (Lipinski definition) is 3. The molecule has 0 aliphatic carbocycles. The van der Waals surface area contributed by atoms with E-state index in [9.17, 15) is 19.1 Å². The number of benzene rings is 1. The summed E-state index contributed by atoms with van der Waals surface area (Å²) in [5, 5.41) is 11.8. The van der Waals surface area contributed by atoms with Crippen molar-refractivity contribution in [2.45, 2.75) is 39.2 Å². The molecular formula is C16H22FNO3S. The Labute approximate surface area is 134 Å². The minimum atomic E-state index is -1.15. The van der Waals surface area contributed by atoms with Crippen LogP contribution in [0, 0.1) is 12.7 Å². The predicted molar refractivity (Wildman–Crippen MR) is 86.5 cm³/mol. The van der Waals surface area contributed by atoms with Gasteiger partial charge in [-0.25, -0.2) is 9.18 Å². The average Bonchev–Trinajstić information content (AvgIpc) is 2.47. The molecule has 1 atom stereocenters. The Morgan fingerprint density at radius 3 is 2.68 bits per heavy atom. The second-order valence-electron chi connectivity index (χ2n) is 5.06. The van der Waals surface area contributed by atoms with Crippen LogP contribution in [0.25, 0.3) is 0 Å². The molecule has 22 heavy (non-hydrogen) atoms. The molecule has 0 aliphatic rings. The van der Waals surface area contributed by atoms with Crippen LogP contribution in [0.3, 0.4) is 0 Å². The summed E-state index contributed by atoms with van der Waals surface area (Å²) < 4.78 is 13.3. The molecule has 122 valence electrons. The molecule has 0 bridgehead atoms. The molecule has 1 aromatic rings. The molecule has 0 fully saturated rings. The van der Waals surface area contributed by atoms with Crippen molar-refractivity contribution in [3.05, 3.63) is 35.1 Å². The zero-order chi connectivity index (χ0) is 16.5. The minimum Gasteiger partial charge on any atom is -0.479 e. The van der Waals surface area contributed by atoms with Gasteiger partial charge in [0.25, 0.3) is 0 Å². The molecular weight excluding hydrogens is 305 g/mol. The second kappa shape index (κ2) is 9.46. The van der Waals surface area contributed by atoms with Gasteiger partial charge in [-0.1, -0.05) is 25.5 Å². The fourth-order valence-electron chi connectivity index (χ4n) is 1.88. The number of rotatable bonds is 9. The number of hydrogen-bond donors (Lipinski definition) is 2. The number of carbonyl (C=O) groups excluding carboxylic acids is 1. The Kier molecular flexibility index (Phi) is 7.95. The van der Waals surface area contributed by atoms with Crippen molar-refractivity contribution in [2.75, 3.05) is 11.5 Å². The largest absolute Gasteiger partial charge is 0.479 e. The molecule has 1 rings (SSSR count). The van der Waals surface area contributed by atoms with E-state index in [2.05, 4.69) is 12.2 Å². The molecule has 0 spiro atoms. The van der Waals surface area contributed by atoms with Crippen molar-refractivity contribution in [3.63, 3.8) is 0 Å². The summed E-state index contributed by atoms with van der Waals surface area (Å²) in [5.41, 5.74) is 0.728. The average molecular weight is 327 g/mol. The molecule has 1 unspecified atom stereocenters. The van der Waals surface area contributed by atoms with Crippen molar-refractivity contribution in [2.24, 2.45) is 0 Å². The van der Waals surface area contributed by atoms with Crippen LogP contribution in [-0.4, -0.2) is 28.5 Å². The maximum atomic E-state index is 13.3. The first-order valence-electron chi connectivity index (χ1n) is 7.31.